The zero-order valence-electron chi connectivity index (χ0n) is 22.8. The SMILES string of the molecule is Cc1cc(OCc2cc(C#Cc3ccc(C(F)(F)F)cc3)nc(C#Cc3ccc(C(F)(F)F)cc3)c2)ccc1OCC(=O)O. The van der Waals surface area contributed by atoms with Gasteiger partial charge in [-0.15, -0.1) is 0 Å². The molecule has 0 atom stereocenters. The van der Waals surface area contributed by atoms with E-state index in [9.17, 15) is 31.1 Å². The molecule has 0 aliphatic carbocycles. The van der Waals surface area contributed by atoms with Crippen molar-refractivity contribution in [2.45, 2.75) is 25.9 Å². The van der Waals surface area contributed by atoms with Gasteiger partial charge in [-0.05, 0) is 109 Å². The molecule has 0 spiro atoms. The first-order valence-corrected chi connectivity index (χ1v) is 12.7. The van der Waals surface area contributed by atoms with Crippen molar-refractivity contribution < 1.29 is 45.7 Å². The second kappa shape index (κ2) is 13.3. The molecular weight excluding hydrogens is 588 g/mol. The summed E-state index contributed by atoms with van der Waals surface area (Å²) in [5, 5.41) is 8.81. The van der Waals surface area contributed by atoms with Gasteiger partial charge in [0.2, 0.25) is 0 Å². The van der Waals surface area contributed by atoms with Gasteiger partial charge in [0.15, 0.2) is 6.61 Å². The highest BCUT2D eigenvalue weighted by Gasteiger charge is 2.30. The molecule has 0 amide bonds. The van der Waals surface area contributed by atoms with Crippen LogP contribution in [0.2, 0.25) is 0 Å². The minimum absolute atomic E-state index is 0.0290. The zero-order chi connectivity index (χ0) is 31.9. The number of alkyl halides is 6. The molecule has 0 unspecified atom stereocenters. The molecule has 0 radical (unpaired) electrons. The predicted molar refractivity (Wildman–Crippen MR) is 148 cm³/mol. The van der Waals surface area contributed by atoms with E-state index in [2.05, 4.69) is 28.7 Å². The van der Waals surface area contributed by atoms with Crippen molar-refractivity contribution in [1.82, 2.24) is 4.98 Å². The van der Waals surface area contributed by atoms with E-state index in [4.69, 9.17) is 14.6 Å². The highest BCUT2D eigenvalue weighted by molar-refractivity contribution is 5.68. The quantitative estimate of drug-likeness (QED) is 0.184. The lowest BCUT2D eigenvalue weighted by Gasteiger charge is -2.11. The normalized spacial score (nSPS) is 11.1. The minimum Gasteiger partial charge on any atom is -0.489 e. The second-order valence-electron chi connectivity index (χ2n) is 9.29. The molecule has 1 heterocycles. The van der Waals surface area contributed by atoms with Gasteiger partial charge >= 0.3 is 18.3 Å². The van der Waals surface area contributed by atoms with E-state index in [0.29, 0.717) is 33.8 Å². The van der Waals surface area contributed by atoms with Gasteiger partial charge in [-0.3, -0.25) is 0 Å². The van der Waals surface area contributed by atoms with Gasteiger partial charge in [0.25, 0.3) is 0 Å². The van der Waals surface area contributed by atoms with E-state index in [1.165, 1.54) is 24.3 Å². The van der Waals surface area contributed by atoms with Crippen LogP contribution >= 0.6 is 0 Å². The standard InChI is InChI=1S/C33H21F6NO4/c1-21-16-29(14-15-30(21)44-20-31(41)42)43-19-24-17-27(12-6-22-2-8-25(9-3-22)32(34,35)36)40-28(18-24)13-7-23-4-10-26(11-5-23)33(37,38)39/h2-5,8-11,14-18H,19-20H2,1H3,(H,41,42). The molecule has 11 heteroatoms. The summed E-state index contributed by atoms with van der Waals surface area (Å²) in [5.41, 5.74) is 0.712. The number of nitrogens with zero attached hydrogens (tertiary/aromatic N) is 1. The first-order valence-electron chi connectivity index (χ1n) is 12.7. The largest absolute Gasteiger partial charge is 0.489 e. The van der Waals surface area contributed by atoms with Crippen molar-refractivity contribution in [2.75, 3.05) is 6.61 Å². The topological polar surface area (TPSA) is 68.7 Å². The van der Waals surface area contributed by atoms with Crippen LogP contribution in [0.25, 0.3) is 0 Å². The van der Waals surface area contributed by atoms with Gasteiger partial charge in [0.1, 0.15) is 29.5 Å². The third kappa shape index (κ3) is 9.04. The van der Waals surface area contributed by atoms with Gasteiger partial charge in [-0.25, -0.2) is 9.78 Å². The van der Waals surface area contributed by atoms with Crippen LogP contribution in [-0.4, -0.2) is 22.7 Å². The Hall–Kier alpha value is -5.42. The Morgan fingerprint density at radius 1 is 0.727 bits per heavy atom. The molecule has 0 saturated carbocycles. The number of hydrogen-bond acceptors (Lipinski definition) is 4. The fraction of sp³-hybridized carbons (Fsp3) is 0.152. The molecule has 5 nitrogen and oxygen atoms in total. The zero-order valence-corrected chi connectivity index (χ0v) is 22.8. The van der Waals surface area contributed by atoms with Gasteiger partial charge < -0.3 is 14.6 Å². The smallest absolute Gasteiger partial charge is 0.416 e. The van der Waals surface area contributed by atoms with Crippen LogP contribution < -0.4 is 9.47 Å². The van der Waals surface area contributed by atoms with Crippen molar-refractivity contribution in [3.63, 3.8) is 0 Å². The number of carbonyl (C=O) groups is 1. The summed E-state index contributed by atoms with van der Waals surface area (Å²) in [6.45, 7) is 1.26. The number of carboxylic acids is 1. The number of halogens is 6. The lowest BCUT2D eigenvalue weighted by molar-refractivity contribution is -0.139. The van der Waals surface area contributed by atoms with Crippen molar-refractivity contribution in [3.8, 4) is 35.2 Å². The lowest BCUT2D eigenvalue weighted by Crippen LogP contribution is -2.10. The Balaban J connectivity index is 1.60. The first-order chi connectivity index (χ1) is 20.8. The molecule has 0 aliphatic rings. The monoisotopic (exact) mass is 609 g/mol. The summed E-state index contributed by atoms with van der Waals surface area (Å²) in [5.74, 6) is 10.9. The van der Waals surface area contributed by atoms with Crippen LogP contribution in [0, 0.1) is 30.6 Å². The van der Waals surface area contributed by atoms with Crippen molar-refractivity contribution in [3.05, 3.63) is 124 Å². The molecule has 224 valence electrons. The summed E-state index contributed by atoms with van der Waals surface area (Å²) in [7, 11) is 0. The number of rotatable bonds is 6. The summed E-state index contributed by atoms with van der Waals surface area (Å²) in [6.07, 6.45) is -8.96. The van der Waals surface area contributed by atoms with E-state index in [0.717, 1.165) is 24.3 Å². The molecule has 0 fully saturated rings. The highest BCUT2D eigenvalue weighted by Crippen LogP contribution is 2.30. The number of hydrogen-bond donors (Lipinski definition) is 1. The van der Waals surface area contributed by atoms with Crippen molar-refractivity contribution in [2.24, 2.45) is 0 Å². The molecule has 0 bridgehead atoms. The Kier molecular flexibility index (Phi) is 9.50. The van der Waals surface area contributed by atoms with Gasteiger partial charge in [-0.1, -0.05) is 11.8 Å². The Morgan fingerprint density at radius 2 is 1.23 bits per heavy atom. The number of aromatic nitrogens is 1. The lowest BCUT2D eigenvalue weighted by atomic mass is 10.1. The summed E-state index contributed by atoms with van der Waals surface area (Å²) in [6, 6.07) is 16.7. The van der Waals surface area contributed by atoms with E-state index in [1.807, 2.05) is 0 Å². The molecule has 1 aromatic heterocycles. The average Bonchev–Trinajstić information content (AvgIpc) is 2.97. The number of carboxylic acid groups (broad SMARTS) is 1. The molecule has 3 aromatic carbocycles. The Labute approximate surface area is 248 Å². The van der Waals surface area contributed by atoms with Gasteiger partial charge in [-0.2, -0.15) is 26.3 Å². The Morgan fingerprint density at radius 3 is 1.66 bits per heavy atom. The van der Waals surface area contributed by atoms with Crippen molar-refractivity contribution in [1.29, 1.82) is 0 Å². The summed E-state index contributed by atoms with van der Waals surface area (Å²) >= 11 is 0. The van der Waals surface area contributed by atoms with Crippen LogP contribution in [-0.2, 0) is 23.8 Å². The van der Waals surface area contributed by atoms with Crippen LogP contribution in [0.1, 0.15) is 44.8 Å². The van der Waals surface area contributed by atoms with Crippen LogP contribution in [0.5, 0.6) is 11.5 Å². The fourth-order valence-corrected chi connectivity index (χ4v) is 3.74. The number of benzene rings is 3. The molecule has 0 saturated heterocycles. The van der Waals surface area contributed by atoms with E-state index >= 15 is 0 Å². The maximum Gasteiger partial charge on any atom is 0.416 e. The Bertz CT molecular complexity index is 1680. The minimum atomic E-state index is -4.48. The highest BCUT2D eigenvalue weighted by atomic mass is 19.4. The molecule has 4 aromatic rings. The molecule has 0 aliphatic heterocycles. The first kappa shape index (κ1) is 31.5. The number of ether oxygens (including phenoxy) is 2. The third-order valence-electron chi connectivity index (χ3n) is 5.88. The van der Waals surface area contributed by atoms with E-state index < -0.39 is 36.1 Å². The maximum atomic E-state index is 12.9. The summed E-state index contributed by atoms with van der Waals surface area (Å²) < 4.78 is 88.4. The number of aliphatic carboxylic acids is 1. The van der Waals surface area contributed by atoms with E-state index in [-0.39, 0.29) is 18.0 Å². The molecule has 44 heavy (non-hydrogen) atoms. The molecular formula is C33H21F6NO4. The maximum absolute atomic E-state index is 12.9. The third-order valence-corrected chi connectivity index (χ3v) is 5.88. The van der Waals surface area contributed by atoms with Gasteiger partial charge in [0, 0.05) is 11.1 Å². The predicted octanol–water partition coefficient (Wildman–Crippen LogP) is 7.27. The molecule has 1 N–H and O–H groups in total. The van der Waals surface area contributed by atoms with Crippen LogP contribution in [0.4, 0.5) is 26.3 Å². The second-order valence-corrected chi connectivity index (χ2v) is 9.29. The van der Waals surface area contributed by atoms with Crippen LogP contribution in [0.3, 0.4) is 0 Å². The van der Waals surface area contributed by atoms with Crippen LogP contribution in [0.15, 0.2) is 78.9 Å². The molecule has 4 rings (SSSR count). The average molecular weight is 610 g/mol. The number of pyridine rings is 1. The van der Waals surface area contributed by atoms with Gasteiger partial charge in [0.05, 0.1) is 11.1 Å². The van der Waals surface area contributed by atoms with Crippen molar-refractivity contribution >= 4 is 5.97 Å². The number of aryl methyl sites for hydroxylation is 1. The summed E-state index contributed by atoms with van der Waals surface area (Å²) in [4.78, 5) is 15.1. The van der Waals surface area contributed by atoms with E-state index in [1.54, 1.807) is 37.3 Å². The fourth-order valence-electron chi connectivity index (χ4n) is 3.74.